The van der Waals surface area contributed by atoms with E-state index in [0.29, 0.717) is 89.9 Å². The summed E-state index contributed by atoms with van der Waals surface area (Å²) >= 11 is 0. The van der Waals surface area contributed by atoms with Gasteiger partial charge in [0.2, 0.25) is 0 Å². The van der Waals surface area contributed by atoms with Gasteiger partial charge >= 0.3 is 35.8 Å². The Labute approximate surface area is 393 Å². The van der Waals surface area contributed by atoms with Crippen LogP contribution in [-0.4, -0.2) is 146 Å². The third kappa shape index (κ3) is 38.7. The fraction of sp³-hybridized carbons (Fsp3) is 0.875. The van der Waals surface area contributed by atoms with Crippen molar-refractivity contribution < 1.29 is 87.8 Å². The molecule has 0 aromatic carbocycles. The lowest BCUT2D eigenvalue weighted by atomic mass is 9.88. The highest BCUT2D eigenvalue weighted by molar-refractivity contribution is 5.71. The molecule has 0 aromatic rings. The first-order valence-corrected chi connectivity index (χ1v) is 24.4. The van der Waals surface area contributed by atoms with Gasteiger partial charge < -0.3 is 59.1 Å². The third-order valence-corrected chi connectivity index (χ3v) is 11.0. The highest BCUT2D eigenvalue weighted by Gasteiger charge is 2.35. The number of carbonyl (C=O) groups is 6. The molecule has 6 N–H and O–H groups in total. The van der Waals surface area contributed by atoms with Gasteiger partial charge in [0.1, 0.15) is 39.6 Å². The number of aliphatic hydroxyl groups excluding tert-OH is 6. The summed E-state index contributed by atoms with van der Waals surface area (Å²) < 4.78 is 32.6. The first-order chi connectivity index (χ1) is 31.8. The zero-order chi connectivity index (χ0) is 49.6. The number of carbonyl (C=O) groups excluding carboxylic acids is 6. The summed E-state index contributed by atoms with van der Waals surface area (Å²) in [6.07, 6.45) is 14.2. The Morgan fingerprint density at radius 1 is 0.273 bits per heavy atom. The van der Waals surface area contributed by atoms with Gasteiger partial charge in [-0.25, -0.2) is 0 Å². The van der Waals surface area contributed by atoms with E-state index in [-0.39, 0.29) is 154 Å². The molecule has 0 saturated carbocycles. The van der Waals surface area contributed by atoms with Crippen LogP contribution in [0, 0.1) is 10.8 Å². The molecule has 0 aromatic heterocycles. The molecule has 0 amide bonds. The van der Waals surface area contributed by atoms with E-state index in [0.717, 1.165) is 38.5 Å². The first-order valence-electron chi connectivity index (χ1n) is 24.4. The second kappa shape index (κ2) is 45.4. The molecule has 0 unspecified atom stereocenters. The second-order valence-corrected chi connectivity index (χ2v) is 16.9. The topological polar surface area (TPSA) is 279 Å². The van der Waals surface area contributed by atoms with Gasteiger partial charge in [0.15, 0.2) is 0 Å². The quantitative estimate of drug-likeness (QED) is 0.0255. The van der Waals surface area contributed by atoms with Crippen LogP contribution >= 0.6 is 0 Å². The van der Waals surface area contributed by atoms with E-state index in [1.807, 2.05) is 13.8 Å². The summed E-state index contributed by atoms with van der Waals surface area (Å²) in [4.78, 5) is 72.7. The monoisotopic (exact) mass is 953 g/mol. The predicted octanol–water partition coefficient (Wildman–Crippen LogP) is 5.34. The lowest BCUT2D eigenvalue weighted by Gasteiger charge is -2.31. The number of aliphatic hydroxyl groups is 6. The van der Waals surface area contributed by atoms with Crippen molar-refractivity contribution in [3.05, 3.63) is 0 Å². The van der Waals surface area contributed by atoms with E-state index in [1.165, 1.54) is 0 Å². The fourth-order valence-electron chi connectivity index (χ4n) is 6.04. The summed E-state index contributed by atoms with van der Waals surface area (Å²) in [5.74, 6) is -2.27. The number of hydrogen-bond acceptors (Lipinski definition) is 18. The van der Waals surface area contributed by atoms with Crippen molar-refractivity contribution in [1.29, 1.82) is 0 Å². The van der Waals surface area contributed by atoms with Crippen LogP contribution in [0.25, 0.3) is 0 Å². The standard InChI is InChI=1S/2C24H44O9/c2*1-2-24(18-31-21(28)12-6-3-9-15-25,19-32-22(29)13-7-4-10-16-26)20-33-23(30)14-8-5-11-17-27/h2*25-27H,2-20H2,1H3. The maximum atomic E-state index is 12.1. The summed E-state index contributed by atoms with van der Waals surface area (Å²) in [5, 5.41) is 52.9. The third-order valence-electron chi connectivity index (χ3n) is 11.0. The van der Waals surface area contributed by atoms with Crippen LogP contribution < -0.4 is 0 Å². The van der Waals surface area contributed by atoms with E-state index >= 15 is 0 Å². The maximum Gasteiger partial charge on any atom is 0.305 e. The van der Waals surface area contributed by atoms with Crippen LogP contribution in [0.5, 0.6) is 0 Å². The minimum absolute atomic E-state index is 0.0298. The van der Waals surface area contributed by atoms with Gasteiger partial charge in [0.05, 0.1) is 10.8 Å². The van der Waals surface area contributed by atoms with Crippen LogP contribution in [0.15, 0.2) is 0 Å². The Kier molecular flexibility index (Phi) is 44.4. The van der Waals surface area contributed by atoms with E-state index in [9.17, 15) is 28.8 Å². The van der Waals surface area contributed by atoms with Crippen LogP contribution in [0.4, 0.5) is 0 Å². The Morgan fingerprint density at radius 3 is 0.545 bits per heavy atom. The first kappa shape index (κ1) is 64.7. The Morgan fingerprint density at radius 2 is 0.424 bits per heavy atom. The van der Waals surface area contributed by atoms with Crippen LogP contribution in [-0.2, 0) is 57.2 Å². The molecule has 0 aliphatic rings. The molecule has 0 atom stereocenters. The SMILES string of the molecule is CCC(COC(=O)CCCCCO)(COC(=O)CCCCCO)COC(=O)CCCCCO.CCC(COC(=O)CCCCCO)(COC(=O)CCCCCO)COC(=O)CCCCCO. The van der Waals surface area contributed by atoms with Crippen molar-refractivity contribution in [1.82, 2.24) is 0 Å². The molecule has 0 aliphatic heterocycles. The highest BCUT2D eigenvalue weighted by Crippen LogP contribution is 2.27. The molecular formula is C48H88O18. The number of rotatable bonds is 44. The van der Waals surface area contributed by atoms with Crippen molar-refractivity contribution in [2.24, 2.45) is 10.8 Å². The minimum Gasteiger partial charge on any atom is -0.465 e. The lowest BCUT2D eigenvalue weighted by molar-refractivity contribution is -0.165. The number of ether oxygens (including phenoxy) is 6. The summed E-state index contributed by atoms with van der Waals surface area (Å²) in [6, 6.07) is 0. The molecule has 0 bridgehead atoms. The van der Waals surface area contributed by atoms with Crippen LogP contribution in [0.3, 0.4) is 0 Å². The zero-order valence-corrected chi connectivity index (χ0v) is 40.5. The predicted molar refractivity (Wildman–Crippen MR) is 245 cm³/mol. The summed E-state index contributed by atoms with van der Waals surface area (Å²) in [6.45, 7) is 4.07. The minimum atomic E-state index is -0.831. The van der Waals surface area contributed by atoms with Gasteiger partial charge in [0, 0.05) is 78.2 Å². The van der Waals surface area contributed by atoms with E-state index in [4.69, 9.17) is 59.1 Å². The molecule has 0 heterocycles. The van der Waals surface area contributed by atoms with Gasteiger partial charge in [-0.15, -0.1) is 0 Å². The summed E-state index contributed by atoms with van der Waals surface area (Å²) in [7, 11) is 0. The van der Waals surface area contributed by atoms with Gasteiger partial charge in [0.25, 0.3) is 0 Å². The van der Waals surface area contributed by atoms with Crippen molar-refractivity contribution in [3.8, 4) is 0 Å². The lowest BCUT2D eigenvalue weighted by Crippen LogP contribution is -2.39. The fourth-order valence-corrected chi connectivity index (χ4v) is 6.04. The van der Waals surface area contributed by atoms with E-state index in [2.05, 4.69) is 0 Å². The van der Waals surface area contributed by atoms with Gasteiger partial charge in [-0.05, 0) is 89.9 Å². The highest BCUT2D eigenvalue weighted by atomic mass is 16.6. The number of unbranched alkanes of at least 4 members (excludes halogenated alkanes) is 12. The molecule has 388 valence electrons. The molecule has 0 fully saturated rings. The van der Waals surface area contributed by atoms with Crippen molar-refractivity contribution >= 4 is 35.8 Å². The molecular weight excluding hydrogens is 865 g/mol. The zero-order valence-electron chi connectivity index (χ0n) is 40.5. The van der Waals surface area contributed by atoms with Crippen molar-refractivity contribution in [3.63, 3.8) is 0 Å². The Balaban J connectivity index is 0. The maximum absolute atomic E-state index is 12.1. The molecule has 18 nitrogen and oxygen atoms in total. The average molecular weight is 953 g/mol. The second-order valence-electron chi connectivity index (χ2n) is 16.9. The van der Waals surface area contributed by atoms with E-state index in [1.54, 1.807) is 0 Å². The number of hydrogen-bond donors (Lipinski definition) is 6. The largest absolute Gasteiger partial charge is 0.465 e. The Hall–Kier alpha value is -3.42. The van der Waals surface area contributed by atoms with E-state index < -0.39 is 10.8 Å². The Bertz CT molecular complexity index is 997. The molecule has 66 heavy (non-hydrogen) atoms. The number of esters is 6. The van der Waals surface area contributed by atoms with Crippen molar-refractivity contribution in [2.75, 3.05) is 79.3 Å². The van der Waals surface area contributed by atoms with Crippen LogP contribution in [0.1, 0.15) is 181 Å². The molecule has 0 radical (unpaired) electrons. The van der Waals surface area contributed by atoms with Crippen molar-refractivity contribution in [2.45, 2.75) is 181 Å². The normalized spacial score (nSPS) is 11.3. The van der Waals surface area contributed by atoms with Gasteiger partial charge in [-0.2, -0.15) is 0 Å². The van der Waals surface area contributed by atoms with Crippen LogP contribution in [0.2, 0.25) is 0 Å². The smallest absolute Gasteiger partial charge is 0.305 e. The summed E-state index contributed by atoms with van der Waals surface area (Å²) in [5.41, 5.74) is -1.66. The molecule has 0 spiro atoms. The molecule has 0 aliphatic carbocycles. The molecule has 18 heteroatoms. The molecule has 0 saturated heterocycles. The average Bonchev–Trinajstić information content (AvgIpc) is 3.32. The van der Waals surface area contributed by atoms with Gasteiger partial charge in [-0.3, -0.25) is 28.8 Å². The molecule has 0 rings (SSSR count). The van der Waals surface area contributed by atoms with Gasteiger partial charge in [-0.1, -0.05) is 52.4 Å².